The Balaban J connectivity index is 2.35. The van der Waals surface area contributed by atoms with Gasteiger partial charge >= 0.3 is 0 Å². The highest BCUT2D eigenvalue weighted by Gasteiger charge is 2.29. The van der Waals surface area contributed by atoms with E-state index in [-0.39, 0.29) is 6.54 Å². The number of anilines is 1. The van der Waals surface area contributed by atoms with Crippen molar-refractivity contribution in [1.82, 2.24) is 4.57 Å². The molecule has 0 bridgehead atoms. The predicted octanol–water partition coefficient (Wildman–Crippen LogP) is 7.60. The van der Waals surface area contributed by atoms with Crippen molar-refractivity contribution >= 4 is 11.9 Å². The standard InChI is InChI=1S/C25H32F5N3/c1-4-7-9-10-15-33(25-23(29)21(27)20(26)22(28)24(25)30)31-16-19-13-11-14-32(19)17-18(6-3)12-8-5-2/h4,11,13-14,16,18H,1,5-10,12,15,17H2,2-3H3/b31-16+. The van der Waals surface area contributed by atoms with Crippen molar-refractivity contribution in [2.45, 2.75) is 65.3 Å². The van der Waals surface area contributed by atoms with Crippen LogP contribution >= 0.6 is 0 Å². The summed E-state index contributed by atoms with van der Waals surface area (Å²) in [4.78, 5) is 0. The van der Waals surface area contributed by atoms with E-state index in [0.717, 1.165) is 37.2 Å². The fourth-order valence-corrected chi connectivity index (χ4v) is 3.63. The van der Waals surface area contributed by atoms with Crippen molar-refractivity contribution < 1.29 is 22.0 Å². The molecule has 1 unspecified atom stereocenters. The first-order valence-corrected chi connectivity index (χ1v) is 11.4. The number of nitrogens with zero attached hydrogens (tertiary/aromatic N) is 3. The molecule has 1 aromatic carbocycles. The second kappa shape index (κ2) is 13.2. The van der Waals surface area contributed by atoms with Crippen LogP contribution in [0.3, 0.4) is 0 Å². The molecule has 0 fully saturated rings. The SMILES string of the molecule is C=CCCCCN(/N=C/c1cccn1CC(CC)CCCC)c1c(F)c(F)c(F)c(F)c1F. The monoisotopic (exact) mass is 469 g/mol. The average molecular weight is 470 g/mol. The van der Waals surface area contributed by atoms with Crippen LogP contribution in [-0.4, -0.2) is 17.3 Å². The Morgan fingerprint density at radius 3 is 2.27 bits per heavy atom. The Morgan fingerprint density at radius 2 is 1.67 bits per heavy atom. The van der Waals surface area contributed by atoms with Gasteiger partial charge in [0.1, 0.15) is 5.69 Å². The molecule has 1 aromatic heterocycles. The van der Waals surface area contributed by atoms with Crippen molar-refractivity contribution in [3.05, 3.63) is 65.8 Å². The van der Waals surface area contributed by atoms with Crippen molar-refractivity contribution in [1.29, 1.82) is 0 Å². The minimum Gasteiger partial charge on any atom is -0.346 e. The molecule has 0 saturated carbocycles. The number of halogens is 5. The van der Waals surface area contributed by atoms with Gasteiger partial charge in [0.25, 0.3) is 0 Å². The number of allylic oxidation sites excluding steroid dienone is 1. The van der Waals surface area contributed by atoms with E-state index in [4.69, 9.17) is 0 Å². The van der Waals surface area contributed by atoms with Gasteiger partial charge in [0.15, 0.2) is 23.3 Å². The molecule has 3 nitrogen and oxygen atoms in total. The van der Waals surface area contributed by atoms with Gasteiger partial charge in [-0.2, -0.15) is 5.10 Å². The molecule has 0 aliphatic heterocycles. The molecule has 1 heterocycles. The van der Waals surface area contributed by atoms with Crippen LogP contribution in [0, 0.1) is 35.0 Å². The summed E-state index contributed by atoms with van der Waals surface area (Å²) < 4.78 is 72.0. The maximum absolute atomic E-state index is 14.5. The average Bonchev–Trinajstić information content (AvgIpc) is 3.26. The van der Waals surface area contributed by atoms with Crippen molar-refractivity contribution in [2.24, 2.45) is 11.0 Å². The summed E-state index contributed by atoms with van der Waals surface area (Å²) in [5.74, 6) is -9.48. The van der Waals surface area contributed by atoms with Gasteiger partial charge in [-0.15, -0.1) is 6.58 Å². The van der Waals surface area contributed by atoms with E-state index in [1.807, 2.05) is 16.8 Å². The van der Waals surface area contributed by atoms with Crippen LogP contribution in [0.1, 0.15) is 64.5 Å². The zero-order chi connectivity index (χ0) is 24.4. The molecule has 0 saturated heterocycles. The third kappa shape index (κ3) is 6.92. The van der Waals surface area contributed by atoms with E-state index in [1.165, 1.54) is 6.21 Å². The van der Waals surface area contributed by atoms with Gasteiger partial charge in [0.05, 0.1) is 11.9 Å². The molecule has 2 rings (SSSR count). The molecule has 182 valence electrons. The van der Waals surface area contributed by atoms with Crippen LogP contribution in [0.25, 0.3) is 0 Å². The van der Waals surface area contributed by atoms with Crippen LogP contribution < -0.4 is 5.01 Å². The minimum atomic E-state index is -2.18. The lowest BCUT2D eigenvalue weighted by Crippen LogP contribution is -2.23. The van der Waals surface area contributed by atoms with Crippen LogP contribution in [0.5, 0.6) is 0 Å². The third-order valence-electron chi connectivity index (χ3n) is 5.67. The molecular weight excluding hydrogens is 437 g/mol. The predicted molar refractivity (Wildman–Crippen MR) is 123 cm³/mol. The summed E-state index contributed by atoms with van der Waals surface area (Å²) in [5, 5.41) is 5.00. The summed E-state index contributed by atoms with van der Waals surface area (Å²) in [6.45, 7) is 8.63. The smallest absolute Gasteiger partial charge is 0.200 e. The second-order valence-electron chi connectivity index (χ2n) is 8.07. The van der Waals surface area contributed by atoms with E-state index < -0.39 is 34.8 Å². The maximum Gasteiger partial charge on any atom is 0.200 e. The second-order valence-corrected chi connectivity index (χ2v) is 8.07. The normalized spacial score (nSPS) is 12.5. The topological polar surface area (TPSA) is 20.5 Å². The zero-order valence-electron chi connectivity index (χ0n) is 19.3. The number of aromatic nitrogens is 1. The highest BCUT2D eigenvalue weighted by atomic mass is 19.2. The van der Waals surface area contributed by atoms with Gasteiger partial charge < -0.3 is 4.57 Å². The fraction of sp³-hybridized carbons (Fsp3) is 0.480. The lowest BCUT2D eigenvalue weighted by atomic mass is 9.99. The number of rotatable bonds is 14. The van der Waals surface area contributed by atoms with E-state index in [9.17, 15) is 22.0 Å². The summed E-state index contributed by atoms with van der Waals surface area (Å²) in [5.41, 5.74) is -0.362. The van der Waals surface area contributed by atoms with Gasteiger partial charge in [0, 0.05) is 19.3 Å². The van der Waals surface area contributed by atoms with Crippen molar-refractivity contribution in [2.75, 3.05) is 11.6 Å². The first-order valence-electron chi connectivity index (χ1n) is 11.4. The quantitative estimate of drug-likeness (QED) is 0.0531. The van der Waals surface area contributed by atoms with E-state index in [2.05, 4.69) is 25.5 Å². The van der Waals surface area contributed by atoms with Gasteiger partial charge in [-0.25, -0.2) is 22.0 Å². The Morgan fingerprint density at radius 1 is 1.00 bits per heavy atom. The van der Waals surface area contributed by atoms with E-state index in [0.29, 0.717) is 30.9 Å². The number of hydrazone groups is 1. The summed E-state index contributed by atoms with van der Waals surface area (Å²) >= 11 is 0. The van der Waals surface area contributed by atoms with Crippen LogP contribution in [0.15, 0.2) is 36.1 Å². The van der Waals surface area contributed by atoms with E-state index >= 15 is 0 Å². The Bertz CT molecular complexity index is 909. The molecule has 0 amide bonds. The lowest BCUT2D eigenvalue weighted by molar-refractivity contribution is 0.378. The van der Waals surface area contributed by atoms with Crippen molar-refractivity contribution in [3.63, 3.8) is 0 Å². The molecule has 0 aliphatic rings. The van der Waals surface area contributed by atoms with Crippen LogP contribution in [0.4, 0.5) is 27.6 Å². The molecule has 1 atom stereocenters. The largest absolute Gasteiger partial charge is 0.346 e. The first kappa shape index (κ1) is 26.6. The highest BCUT2D eigenvalue weighted by molar-refractivity contribution is 5.78. The molecule has 8 heteroatoms. The van der Waals surface area contributed by atoms with Gasteiger partial charge in [-0.3, -0.25) is 5.01 Å². The van der Waals surface area contributed by atoms with Gasteiger partial charge in [-0.1, -0.05) is 39.2 Å². The van der Waals surface area contributed by atoms with Gasteiger partial charge in [-0.05, 0) is 43.7 Å². The zero-order valence-corrected chi connectivity index (χ0v) is 19.3. The Labute approximate surface area is 192 Å². The number of hydrogen-bond acceptors (Lipinski definition) is 2. The third-order valence-corrected chi connectivity index (χ3v) is 5.67. The Hall–Kier alpha value is -2.64. The number of unbranched alkanes of at least 4 members (excludes halogenated alkanes) is 3. The fourth-order valence-electron chi connectivity index (χ4n) is 3.63. The molecule has 33 heavy (non-hydrogen) atoms. The molecule has 0 spiro atoms. The van der Waals surface area contributed by atoms with Crippen molar-refractivity contribution in [3.8, 4) is 0 Å². The molecule has 0 N–H and O–H groups in total. The minimum absolute atomic E-state index is 0.0164. The van der Waals surface area contributed by atoms with Crippen LogP contribution in [-0.2, 0) is 6.54 Å². The number of hydrogen-bond donors (Lipinski definition) is 0. The molecule has 0 radical (unpaired) electrons. The summed E-state index contributed by atoms with van der Waals surface area (Å²) in [6, 6.07) is 3.63. The summed E-state index contributed by atoms with van der Waals surface area (Å²) in [7, 11) is 0. The van der Waals surface area contributed by atoms with E-state index in [1.54, 1.807) is 12.1 Å². The molecule has 2 aromatic rings. The maximum atomic E-state index is 14.5. The molecular formula is C25H32F5N3. The number of benzene rings is 1. The van der Waals surface area contributed by atoms with Gasteiger partial charge in [0.2, 0.25) is 5.82 Å². The first-order chi connectivity index (χ1) is 15.8. The summed E-state index contributed by atoms with van der Waals surface area (Å²) in [6.07, 6.45) is 11.0. The molecule has 0 aliphatic carbocycles. The Kier molecular flexibility index (Phi) is 10.6. The lowest BCUT2D eigenvalue weighted by Gasteiger charge is -2.21. The van der Waals surface area contributed by atoms with Crippen LogP contribution in [0.2, 0.25) is 0 Å². The highest BCUT2D eigenvalue weighted by Crippen LogP contribution is 2.31.